The van der Waals surface area contributed by atoms with E-state index in [2.05, 4.69) is 10.2 Å². The molecule has 0 aliphatic carbocycles. The van der Waals surface area contributed by atoms with E-state index in [1.54, 1.807) is 4.90 Å². The molecule has 0 saturated carbocycles. The maximum atomic E-state index is 12.8. The van der Waals surface area contributed by atoms with Gasteiger partial charge < -0.3 is 10.6 Å². The molecular weight excluding hydrogens is 252 g/mol. The highest BCUT2D eigenvalue weighted by Gasteiger charge is 2.29. The summed E-state index contributed by atoms with van der Waals surface area (Å²) >= 11 is 0. The standard InChI is InChI=1S/C15H18N4O/c1-9-14(10(2)18-17-9)15(20)19-8-12(16)7-11-5-3-4-6-13(11)19/h3-6,12H,7-8,16H2,1-2H3,(H,17,18). The number of hydrogen-bond donors (Lipinski definition) is 2. The first-order valence-electron chi connectivity index (χ1n) is 6.75. The van der Waals surface area contributed by atoms with Crippen LogP contribution in [-0.4, -0.2) is 28.7 Å². The fourth-order valence-electron chi connectivity index (χ4n) is 2.82. The Bertz CT molecular complexity index is 642. The number of H-pyrrole nitrogens is 1. The van der Waals surface area contributed by atoms with Crippen LogP contribution in [0, 0.1) is 13.8 Å². The number of aryl methyl sites for hydroxylation is 2. The molecule has 1 aliphatic heterocycles. The monoisotopic (exact) mass is 270 g/mol. The zero-order valence-electron chi connectivity index (χ0n) is 11.7. The molecule has 1 aromatic heterocycles. The fraction of sp³-hybridized carbons (Fsp3) is 0.333. The molecule has 0 spiro atoms. The third-order valence-electron chi connectivity index (χ3n) is 3.77. The van der Waals surface area contributed by atoms with Gasteiger partial charge in [-0.25, -0.2) is 0 Å². The number of hydrogen-bond acceptors (Lipinski definition) is 3. The first-order valence-corrected chi connectivity index (χ1v) is 6.75. The van der Waals surface area contributed by atoms with Crippen molar-refractivity contribution >= 4 is 11.6 Å². The van der Waals surface area contributed by atoms with E-state index in [1.807, 2.05) is 38.1 Å². The first-order chi connectivity index (χ1) is 9.58. The van der Waals surface area contributed by atoms with E-state index < -0.39 is 0 Å². The van der Waals surface area contributed by atoms with Gasteiger partial charge in [0.05, 0.1) is 11.3 Å². The molecule has 2 aromatic rings. The summed E-state index contributed by atoms with van der Waals surface area (Å²) in [6.45, 7) is 4.25. The number of anilines is 1. The molecular formula is C15H18N4O. The second-order valence-corrected chi connectivity index (χ2v) is 5.32. The van der Waals surface area contributed by atoms with E-state index in [4.69, 9.17) is 5.73 Å². The Morgan fingerprint density at radius 2 is 2.15 bits per heavy atom. The number of amides is 1. The number of nitrogens with zero attached hydrogens (tertiary/aromatic N) is 2. The quantitative estimate of drug-likeness (QED) is 0.825. The Hall–Kier alpha value is -2.14. The lowest BCUT2D eigenvalue weighted by molar-refractivity contribution is 0.0982. The zero-order chi connectivity index (χ0) is 14.3. The average Bonchev–Trinajstić information content (AvgIpc) is 2.76. The lowest BCUT2D eigenvalue weighted by Crippen LogP contribution is -2.46. The van der Waals surface area contributed by atoms with Gasteiger partial charge in [0, 0.05) is 24.0 Å². The van der Waals surface area contributed by atoms with Crippen molar-refractivity contribution in [1.82, 2.24) is 10.2 Å². The van der Waals surface area contributed by atoms with Gasteiger partial charge in [-0.3, -0.25) is 9.89 Å². The largest absolute Gasteiger partial charge is 0.326 e. The van der Waals surface area contributed by atoms with Crippen molar-refractivity contribution in [2.45, 2.75) is 26.3 Å². The van der Waals surface area contributed by atoms with Crippen LogP contribution in [0.25, 0.3) is 0 Å². The normalized spacial score (nSPS) is 17.9. The number of nitrogens with one attached hydrogen (secondary N) is 1. The molecule has 104 valence electrons. The van der Waals surface area contributed by atoms with Crippen molar-refractivity contribution in [3.05, 3.63) is 46.8 Å². The van der Waals surface area contributed by atoms with Gasteiger partial charge >= 0.3 is 0 Å². The minimum Gasteiger partial charge on any atom is -0.326 e. The van der Waals surface area contributed by atoms with Crippen LogP contribution in [0.2, 0.25) is 0 Å². The molecule has 3 N–H and O–H groups in total. The number of aromatic amines is 1. The van der Waals surface area contributed by atoms with E-state index in [-0.39, 0.29) is 11.9 Å². The maximum Gasteiger partial charge on any atom is 0.262 e. The van der Waals surface area contributed by atoms with E-state index >= 15 is 0 Å². The molecule has 0 saturated heterocycles. The number of aromatic nitrogens is 2. The van der Waals surface area contributed by atoms with Crippen LogP contribution in [-0.2, 0) is 6.42 Å². The summed E-state index contributed by atoms with van der Waals surface area (Å²) in [7, 11) is 0. The number of para-hydroxylation sites is 1. The van der Waals surface area contributed by atoms with Crippen LogP contribution in [0.1, 0.15) is 27.3 Å². The highest BCUT2D eigenvalue weighted by Crippen LogP contribution is 2.28. The smallest absolute Gasteiger partial charge is 0.262 e. The van der Waals surface area contributed by atoms with E-state index in [9.17, 15) is 4.79 Å². The van der Waals surface area contributed by atoms with Crippen molar-refractivity contribution in [3.8, 4) is 0 Å². The van der Waals surface area contributed by atoms with Crippen molar-refractivity contribution < 1.29 is 4.79 Å². The summed E-state index contributed by atoms with van der Waals surface area (Å²) in [6.07, 6.45) is 0.809. The Kier molecular flexibility index (Phi) is 3.06. The Morgan fingerprint density at radius 1 is 1.40 bits per heavy atom. The average molecular weight is 270 g/mol. The Labute approximate surface area is 117 Å². The van der Waals surface area contributed by atoms with E-state index in [0.29, 0.717) is 12.1 Å². The number of benzene rings is 1. The first kappa shape index (κ1) is 12.9. The Balaban J connectivity index is 2.05. The zero-order valence-corrected chi connectivity index (χ0v) is 11.7. The fourth-order valence-corrected chi connectivity index (χ4v) is 2.82. The van der Waals surface area contributed by atoms with Crippen LogP contribution in [0.4, 0.5) is 5.69 Å². The second-order valence-electron chi connectivity index (χ2n) is 5.32. The third-order valence-corrected chi connectivity index (χ3v) is 3.77. The maximum absolute atomic E-state index is 12.8. The molecule has 1 unspecified atom stereocenters. The van der Waals surface area contributed by atoms with Gasteiger partial charge in [-0.15, -0.1) is 0 Å². The second kappa shape index (κ2) is 4.76. The number of fused-ring (bicyclic) bond motifs is 1. The lowest BCUT2D eigenvalue weighted by atomic mass is 9.97. The minimum atomic E-state index is -0.0312. The predicted octanol–water partition coefficient (Wildman–Crippen LogP) is 1.56. The molecule has 5 heteroatoms. The van der Waals surface area contributed by atoms with Crippen molar-refractivity contribution in [2.75, 3.05) is 11.4 Å². The SMILES string of the molecule is Cc1n[nH]c(C)c1C(=O)N1CC(N)Cc2ccccc21. The number of nitrogens with two attached hydrogens (primary N) is 1. The predicted molar refractivity (Wildman–Crippen MR) is 77.9 cm³/mol. The molecule has 0 radical (unpaired) electrons. The lowest BCUT2D eigenvalue weighted by Gasteiger charge is -2.33. The highest BCUT2D eigenvalue weighted by atomic mass is 16.2. The van der Waals surface area contributed by atoms with Crippen LogP contribution >= 0.6 is 0 Å². The third kappa shape index (κ3) is 2.00. The summed E-state index contributed by atoms with van der Waals surface area (Å²) in [4.78, 5) is 14.6. The highest BCUT2D eigenvalue weighted by molar-refractivity contribution is 6.08. The Morgan fingerprint density at radius 3 is 2.85 bits per heavy atom. The summed E-state index contributed by atoms with van der Waals surface area (Å²) in [5.74, 6) is -0.0312. The number of carbonyl (C=O) groups is 1. The molecule has 3 rings (SSSR count). The number of rotatable bonds is 1. The summed E-state index contributed by atoms with van der Waals surface area (Å²) < 4.78 is 0. The molecule has 1 amide bonds. The molecule has 0 fully saturated rings. The van der Waals surface area contributed by atoms with Gasteiger partial charge in [0.15, 0.2) is 0 Å². The van der Waals surface area contributed by atoms with Gasteiger partial charge in [-0.1, -0.05) is 18.2 Å². The van der Waals surface area contributed by atoms with E-state index in [0.717, 1.165) is 29.1 Å². The van der Waals surface area contributed by atoms with Gasteiger partial charge in [-0.05, 0) is 31.9 Å². The topological polar surface area (TPSA) is 75.0 Å². The van der Waals surface area contributed by atoms with Crippen LogP contribution in [0.3, 0.4) is 0 Å². The molecule has 1 aliphatic rings. The molecule has 2 heterocycles. The van der Waals surface area contributed by atoms with Gasteiger partial charge in [0.1, 0.15) is 0 Å². The van der Waals surface area contributed by atoms with Gasteiger partial charge in [0.25, 0.3) is 5.91 Å². The van der Waals surface area contributed by atoms with Gasteiger partial charge in [0.2, 0.25) is 0 Å². The molecule has 1 atom stereocenters. The van der Waals surface area contributed by atoms with Crippen LogP contribution in [0.15, 0.2) is 24.3 Å². The van der Waals surface area contributed by atoms with Crippen molar-refractivity contribution in [3.63, 3.8) is 0 Å². The molecule has 20 heavy (non-hydrogen) atoms. The van der Waals surface area contributed by atoms with Crippen molar-refractivity contribution in [1.29, 1.82) is 0 Å². The molecule has 0 bridgehead atoms. The summed E-state index contributed by atoms with van der Waals surface area (Å²) in [6, 6.07) is 7.91. The van der Waals surface area contributed by atoms with Crippen molar-refractivity contribution in [2.24, 2.45) is 5.73 Å². The van der Waals surface area contributed by atoms with Crippen LogP contribution < -0.4 is 10.6 Å². The summed E-state index contributed by atoms with van der Waals surface area (Å²) in [5.41, 5.74) is 10.3. The van der Waals surface area contributed by atoms with Gasteiger partial charge in [-0.2, -0.15) is 5.10 Å². The minimum absolute atomic E-state index is 0.0265. The van der Waals surface area contributed by atoms with Crippen LogP contribution in [0.5, 0.6) is 0 Å². The van der Waals surface area contributed by atoms with E-state index in [1.165, 1.54) is 0 Å². The molecule has 1 aromatic carbocycles. The summed E-state index contributed by atoms with van der Waals surface area (Å²) in [5, 5.41) is 6.97. The number of carbonyl (C=O) groups excluding carboxylic acids is 1. The molecule has 5 nitrogen and oxygen atoms in total.